The Bertz CT molecular complexity index is 196. The van der Waals surface area contributed by atoms with Crippen LogP contribution < -0.4 is 0 Å². The van der Waals surface area contributed by atoms with Crippen LogP contribution in [0.2, 0.25) is 0 Å². The fraction of sp³-hybridized carbons (Fsp3) is 0.714. The molecule has 0 fully saturated rings. The van der Waals surface area contributed by atoms with Gasteiger partial charge in [0.15, 0.2) is 0 Å². The van der Waals surface area contributed by atoms with E-state index in [0.717, 1.165) is 0 Å². The Morgan fingerprint density at radius 2 is 1.05 bits per heavy atom. The minimum Gasteiger partial charge on any atom is -0.103 e. The molecule has 0 N–H and O–H groups in total. The summed E-state index contributed by atoms with van der Waals surface area (Å²) in [6, 6.07) is 0. The quantitative estimate of drug-likeness (QED) is 0.458. The van der Waals surface area contributed by atoms with E-state index in [4.69, 9.17) is 0 Å². The maximum absolute atomic E-state index is 3.36. The summed E-state index contributed by atoms with van der Waals surface area (Å²) in [6.07, 6.45) is 14.0. The van der Waals surface area contributed by atoms with E-state index in [1.54, 1.807) is 17.2 Å². The maximum Gasteiger partial charge on any atom is -0.0280 e. The van der Waals surface area contributed by atoms with Crippen LogP contribution in [-0.4, -0.2) is 0 Å². The first-order valence-electron chi connectivity index (χ1n) is 9.14. The predicted octanol–water partition coefficient (Wildman–Crippen LogP) is 8.50. The molecule has 0 heteroatoms. The third kappa shape index (κ3) is 28.2. The monoisotopic (exact) mass is 296 g/mol. The van der Waals surface area contributed by atoms with Gasteiger partial charge in [0, 0.05) is 0 Å². The Morgan fingerprint density at radius 3 is 1.14 bits per heavy atom. The fourth-order valence-electron chi connectivity index (χ4n) is 1.31. The lowest BCUT2D eigenvalue weighted by Crippen LogP contribution is -1.91. The average Bonchev–Trinajstić information content (AvgIpc) is 2.59. The summed E-state index contributed by atoms with van der Waals surface area (Å²) >= 11 is 0. The minimum atomic E-state index is 1.23. The van der Waals surface area contributed by atoms with E-state index in [-0.39, 0.29) is 0 Å². The molecule has 0 aromatic heterocycles. The number of hydrogen-bond donors (Lipinski definition) is 0. The molecule has 0 heterocycles. The lowest BCUT2D eigenvalue weighted by atomic mass is 9.96. The van der Waals surface area contributed by atoms with Crippen molar-refractivity contribution in [2.24, 2.45) is 0 Å². The third-order valence-corrected chi connectivity index (χ3v) is 2.73. The highest BCUT2D eigenvalue weighted by Gasteiger charge is 2.01. The molecule has 0 radical (unpaired) electrons. The number of unbranched alkanes of at least 4 members (excludes halogenated alkanes) is 1. The summed E-state index contributed by atoms with van der Waals surface area (Å²) < 4.78 is 0. The lowest BCUT2D eigenvalue weighted by molar-refractivity contribution is 0.824. The molecule has 0 saturated carbocycles. The van der Waals surface area contributed by atoms with Gasteiger partial charge in [0.05, 0.1) is 0 Å². The Morgan fingerprint density at radius 1 is 0.810 bits per heavy atom. The lowest BCUT2D eigenvalue weighted by Gasteiger charge is -2.11. The van der Waals surface area contributed by atoms with Gasteiger partial charge in [0.1, 0.15) is 0 Å². The largest absolute Gasteiger partial charge is 0.103 e. The van der Waals surface area contributed by atoms with E-state index < -0.39 is 0 Å². The molecule has 0 bridgehead atoms. The highest BCUT2D eigenvalue weighted by Crippen LogP contribution is 2.21. The van der Waals surface area contributed by atoms with Crippen molar-refractivity contribution in [3.63, 3.8) is 0 Å². The minimum absolute atomic E-state index is 1.23. The van der Waals surface area contributed by atoms with Gasteiger partial charge < -0.3 is 0 Å². The normalized spacial score (nSPS) is 11.3. The van der Waals surface area contributed by atoms with Crippen LogP contribution in [0, 0.1) is 0 Å². The zero-order valence-electron chi connectivity index (χ0n) is 16.7. The van der Waals surface area contributed by atoms with Gasteiger partial charge in [-0.05, 0) is 32.6 Å². The van der Waals surface area contributed by atoms with Gasteiger partial charge in [-0.2, -0.15) is 0 Å². The molecule has 0 amide bonds. The van der Waals surface area contributed by atoms with Gasteiger partial charge in [-0.25, -0.2) is 0 Å². The van der Waals surface area contributed by atoms with Crippen LogP contribution in [-0.2, 0) is 0 Å². The highest BCUT2D eigenvalue weighted by molar-refractivity contribution is 5.23. The van der Waals surface area contributed by atoms with Crippen molar-refractivity contribution in [2.45, 2.75) is 101 Å². The van der Waals surface area contributed by atoms with Crippen LogP contribution in [0.3, 0.4) is 0 Å². The smallest absolute Gasteiger partial charge is 0.0280 e. The molecule has 1 aliphatic carbocycles. The van der Waals surface area contributed by atoms with Gasteiger partial charge in [-0.15, -0.1) is 6.58 Å². The van der Waals surface area contributed by atoms with Crippen molar-refractivity contribution < 1.29 is 0 Å². The summed E-state index contributed by atoms with van der Waals surface area (Å²) in [6.45, 7) is 22.1. The standard InChI is InChI=1S/C10H16.C4H10.C3H6.2C2H6/c1-3-9-5-7-10(4-2)8-6-9;1-3-4-2;1-3-2;2*1-2/h5,7H,3-4,6,8H2,1-2H3;3-4H2,1-2H3;3H,1H2,2H3;2*1-2H3. The van der Waals surface area contributed by atoms with Crippen LogP contribution in [0.5, 0.6) is 0 Å². The van der Waals surface area contributed by atoms with Crippen molar-refractivity contribution in [3.8, 4) is 0 Å². The van der Waals surface area contributed by atoms with E-state index >= 15 is 0 Å². The van der Waals surface area contributed by atoms with Crippen molar-refractivity contribution in [1.82, 2.24) is 0 Å². The molecular formula is C21H44. The van der Waals surface area contributed by atoms with Crippen LogP contribution in [0.1, 0.15) is 101 Å². The average molecular weight is 297 g/mol. The molecule has 1 aliphatic rings. The second kappa shape index (κ2) is 31.6. The van der Waals surface area contributed by atoms with Crippen molar-refractivity contribution >= 4 is 0 Å². The Balaban J connectivity index is -0.000000111. The molecule has 0 saturated heterocycles. The summed E-state index contributed by atoms with van der Waals surface area (Å²) in [5, 5.41) is 0. The van der Waals surface area contributed by atoms with Gasteiger partial charge in [-0.1, -0.05) is 97.6 Å². The molecule has 0 unspecified atom stereocenters. The SMILES string of the molecule is C=CC.CC.CC.CCC1=CC=C(CC)CC1.CCCC. The maximum atomic E-state index is 3.36. The van der Waals surface area contributed by atoms with Gasteiger partial charge in [-0.3, -0.25) is 0 Å². The van der Waals surface area contributed by atoms with E-state index in [1.165, 1.54) is 38.5 Å². The summed E-state index contributed by atoms with van der Waals surface area (Å²) in [4.78, 5) is 0. The Labute approximate surface area is 137 Å². The van der Waals surface area contributed by atoms with E-state index in [2.05, 4.69) is 46.4 Å². The van der Waals surface area contributed by atoms with Crippen molar-refractivity contribution in [2.75, 3.05) is 0 Å². The molecule has 0 aromatic carbocycles. The Kier molecular flexibility index (Phi) is 42.7. The highest BCUT2D eigenvalue weighted by atomic mass is 14.1. The predicted molar refractivity (Wildman–Crippen MR) is 105 cm³/mol. The summed E-state index contributed by atoms with van der Waals surface area (Å²) in [5.41, 5.74) is 3.22. The Hall–Kier alpha value is -0.780. The van der Waals surface area contributed by atoms with Gasteiger partial charge >= 0.3 is 0 Å². The molecule has 0 spiro atoms. The molecule has 1 rings (SSSR count). The number of allylic oxidation sites excluding steroid dienone is 5. The third-order valence-electron chi connectivity index (χ3n) is 2.73. The van der Waals surface area contributed by atoms with Crippen LogP contribution in [0.15, 0.2) is 36.0 Å². The molecule has 21 heavy (non-hydrogen) atoms. The number of rotatable bonds is 3. The van der Waals surface area contributed by atoms with Crippen LogP contribution >= 0.6 is 0 Å². The zero-order valence-corrected chi connectivity index (χ0v) is 16.7. The van der Waals surface area contributed by atoms with Crippen molar-refractivity contribution in [1.29, 1.82) is 0 Å². The van der Waals surface area contributed by atoms with Gasteiger partial charge in [0.25, 0.3) is 0 Å². The molecule has 0 atom stereocenters. The first-order chi connectivity index (χ1) is 10.2. The summed E-state index contributed by atoms with van der Waals surface area (Å²) in [5.74, 6) is 0. The van der Waals surface area contributed by atoms with E-state index in [0.29, 0.717) is 0 Å². The molecule has 0 aromatic rings. The molecular weight excluding hydrogens is 252 g/mol. The van der Waals surface area contributed by atoms with Gasteiger partial charge in [0.2, 0.25) is 0 Å². The number of hydrogen-bond acceptors (Lipinski definition) is 0. The van der Waals surface area contributed by atoms with E-state index in [1.807, 2.05) is 34.6 Å². The first kappa shape index (κ1) is 28.4. The first-order valence-corrected chi connectivity index (χ1v) is 9.14. The molecule has 128 valence electrons. The topological polar surface area (TPSA) is 0 Å². The fourth-order valence-corrected chi connectivity index (χ4v) is 1.31. The second-order valence-electron chi connectivity index (χ2n) is 4.27. The zero-order chi connectivity index (χ0) is 17.5. The van der Waals surface area contributed by atoms with Crippen LogP contribution in [0.4, 0.5) is 0 Å². The second-order valence-corrected chi connectivity index (χ2v) is 4.27. The van der Waals surface area contributed by atoms with E-state index in [9.17, 15) is 0 Å². The summed E-state index contributed by atoms with van der Waals surface area (Å²) in [7, 11) is 0. The van der Waals surface area contributed by atoms with Crippen LogP contribution in [0.25, 0.3) is 0 Å². The molecule has 0 nitrogen and oxygen atoms in total. The van der Waals surface area contributed by atoms with Crippen molar-refractivity contribution in [3.05, 3.63) is 36.0 Å². The molecule has 0 aliphatic heterocycles.